The van der Waals surface area contributed by atoms with Gasteiger partial charge in [-0.05, 0) is 89.6 Å². The number of hydrogen-bond donors (Lipinski definition) is 2. The Kier molecular flexibility index (Phi) is 12.8. The molecular formula is C41H54N8O5. The minimum Gasteiger partial charge on any atom is -0.494 e. The van der Waals surface area contributed by atoms with Crippen molar-refractivity contribution in [2.75, 3.05) is 25.6 Å². The van der Waals surface area contributed by atoms with E-state index in [4.69, 9.17) is 29.2 Å². The Hall–Kier alpha value is -5.04. The van der Waals surface area contributed by atoms with Crippen molar-refractivity contribution in [2.45, 2.75) is 117 Å². The predicted octanol–water partition coefficient (Wildman–Crippen LogP) is 7.37. The van der Waals surface area contributed by atoms with Crippen molar-refractivity contribution in [2.24, 2.45) is 0 Å². The average Bonchev–Trinajstić information content (AvgIpc) is 3.75. The van der Waals surface area contributed by atoms with Gasteiger partial charge in [-0.3, -0.25) is 18.4 Å². The number of methoxy groups -OCH3 is 1. The van der Waals surface area contributed by atoms with Gasteiger partial charge in [-0.1, -0.05) is 39.5 Å². The molecule has 6 rings (SSSR count). The maximum atomic E-state index is 13.8. The molecule has 0 spiro atoms. The molecule has 4 heterocycles. The highest BCUT2D eigenvalue weighted by Gasteiger charge is 2.27. The van der Waals surface area contributed by atoms with Crippen LogP contribution in [0.2, 0.25) is 0 Å². The molecule has 1 aromatic carbocycles. The summed E-state index contributed by atoms with van der Waals surface area (Å²) >= 11 is 0. The number of amides is 2. The van der Waals surface area contributed by atoms with Gasteiger partial charge in [0.2, 0.25) is 0 Å². The summed E-state index contributed by atoms with van der Waals surface area (Å²) in [4.78, 5) is 46.4. The number of nitrogens with one attached hydrogen (secondary N) is 2. The van der Waals surface area contributed by atoms with Gasteiger partial charge in [-0.15, -0.1) is 0 Å². The van der Waals surface area contributed by atoms with E-state index in [1.54, 1.807) is 13.4 Å². The molecule has 2 amide bonds. The number of nitrogens with zero attached hydrogens (tertiary/aromatic N) is 6. The second-order valence-corrected chi connectivity index (χ2v) is 14.3. The number of aromatic nitrogens is 6. The van der Waals surface area contributed by atoms with Gasteiger partial charge in [0, 0.05) is 36.1 Å². The van der Waals surface area contributed by atoms with E-state index in [0.29, 0.717) is 47.3 Å². The topological polar surface area (TPSA) is 146 Å². The maximum Gasteiger partial charge on any atom is 0.278 e. The molecule has 2 N–H and O–H groups in total. The lowest BCUT2D eigenvalue weighted by Crippen LogP contribution is -2.39. The normalized spacial score (nSPS) is 15.8. The Balaban J connectivity index is 1.22. The number of unbranched alkanes of at least 4 members (excludes halogenated alkanes) is 4. The first-order valence-electron chi connectivity index (χ1n) is 19.4. The summed E-state index contributed by atoms with van der Waals surface area (Å²) in [7, 11) is 1.60. The van der Waals surface area contributed by atoms with Crippen molar-refractivity contribution in [1.82, 2.24) is 34.1 Å². The van der Waals surface area contributed by atoms with Gasteiger partial charge >= 0.3 is 0 Å². The molecular weight excluding hydrogens is 685 g/mol. The molecule has 0 radical (unpaired) electrons. The molecule has 1 saturated carbocycles. The quantitative estimate of drug-likeness (QED) is 0.0934. The number of aryl methyl sites for hydroxylation is 3. The molecule has 13 heteroatoms. The fraction of sp³-hybridized carbons (Fsp3) is 0.512. The molecule has 0 aliphatic heterocycles. The van der Waals surface area contributed by atoms with Crippen LogP contribution in [-0.4, -0.2) is 73.0 Å². The molecule has 1 aliphatic rings. The van der Waals surface area contributed by atoms with Gasteiger partial charge in [0.25, 0.3) is 11.8 Å². The van der Waals surface area contributed by atoms with Crippen LogP contribution in [0, 0.1) is 20.8 Å². The monoisotopic (exact) mass is 738 g/mol. The van der Waals surface area contributed by atoms with Gasteiger partial charge in [0.05, 0.1) is 31.2 Å². The molecule has 54 heavy (non-hydrogen) atoms. The minimum absolute atomic E-state index is 0.0607. The molecule has 0 unspecified atom stereocenters. The van der Waals surface area contributed by atoms with E-state index in [2.05, 4.69) is 29.5 Å². The number of ether oxygens (including phenoxy) is 3. The Labute approximate surface area is 317 Å². The first-order chi connectivity index (χ1) is 26.2. The molecule has 0 bridgehead atoms. The van der Waals surface area contributed by atoms with Gasteiger partial charge in [0.15, 0.2) is 28.4 Å². The number of fused-ring (bicyclic) bond motifs is 2. The highest BCUT2D eigenvalue weighted by atomic mass is 16.5. The number of hydrogen-bond acceptors (Lipinski definition) is 9. The van der Waals surface area contributed by atoms with Crippen LogP contribution in [0.25, 0.3) is 11.3 Å². The number of imidazole rings is 2. The Morgan fingerprint density at radius 2 is 1.57 bits per heavy atom. The molecule has 288 valence electrons. The Morgan fingerprint density at radius 1 is 0.852 bits per heavy atom. The van der Waals surface area contributed by atoms with E-state index < -0.39 is 0 Å². The van der Waals surface area contributed by atoms with Crippen LogP contribution >= 0.6 is 0 Å². The molecule has 0 saturated heterocycles. The zero-order valence-electron chi connectivity index (χ0n) is 32.5. The molecule has 1 aliphatic carbocycles. The largest absolute Gasteiger partial charge is 0.494 e. The molecule has 13 nitrogen and oxygen atoms in total. The smallest absolute Gasteiger partial charge is 0.278 e. The Bertz CT molecular complexity index is 2060. The fourth-order valence-corrected chi connectivity index (χ4v) is 7.28. The van der Waals surface area contributed by atoms with Crippen molar-refractivity contribution in [1.29, 1.82) is 0 Å². The zero-order valence-corrected chi connectivity index (χ0v) is 32.5. The van der Waals surface area contributed by atoms with Crippen molar-refractivity contribution in [3.8, 4) is 11.5 Å². The van der Waals surface area contributed by atoms with Gasteiger partial charge < -0.3 is 24.8 Å². The molecule has 5 aromatic rings. The molecule has 1 fully saturated rings. The third-order valence-corrected chi connectivity index (χ3v) is 10.1. The van der Waals surface area contributed by atoms with Crippen LogP contribution in [0.3, 0.4) is 0 Å². The van der Waals surface area contributed by atoms with E-state index >= 15 is 0 Å². The van der Waals surface area contributed by atoms with Gasteiger partial charge in [0.1, 0.15) is 17.9 Å². The molecule has 4 aromatic heterocycles. The molecule has 0 atom stereocenters. The zero-order chi connectivity index (χ0) is 38.2. The maximum absolute atomic E-state index is 13.8. The van der Waals surface area contributed by atoms with Crippen LogP contribution in [-0.2, 0) is 11.2 Å². The lowest BCUT2D eigenvalue weighted by molar-refractivity contribution is 0.0204. The SMILES string of the molecule is CCCCCOc1ccc(NC(=O)c2nc(Cc3cc(C)nc4c(C(=O)NC5CCC(OCCCCC)CC5)ncn34)n3c(C)c(OC)c(C)nc23)cc1. The summed E-state index contributed by atoms with van der Waals surface area (Å²) in [6.07, 6.45) is 12.5. The fourth-order valence-electron chi connectivity index (χ4n) is 7.28. The number of benzene rings is 1. The van der Waals surface area contributed by atoms with E-state index in [1.807, 2.05) is 59.9 Å². The van der Waals surface area contributed by atoms with E-state index in [1.165, 1.54) is 12.8 Å². The number of carbonyl (C=O) groups excluding carboxylic acids is 2. The summed E-state index contributed by atoms with van der Waals surface area (Å²) in [5.41, 5.74) is 4.91. The minimum atomic E-state index is -0.387. The second-order valence-electron chi connectivity index (χ2n) is 14.3. The number of carbonyl (C=O) groups is 2. The third kappa shape index (κ3) is 8.83. The van der Waals surface area contributed by atoms with Crippen LogP contribution in [0.1, 0.15) is 128 Å². The van der Waals surface area contributed by atoms with Crippen molar-refractivity contribution < 1.29 is 23.8 Å². The number of anilines is 1. The standard InChI is InChI=1S/C41H54N8O5/c1-7-9-11-21-53-32-17-13-29(14-18-32)45-40(50)35-38-43-26(3)23-31(48(38)25-42-35)24-34-47-36(39-44-27(4)37(52-6)28(5)49(34)39)41(51)46-30-15-19-33(20-16-30)54-22-12-10-8-2/h15-16,19-20,23,25,29,32H,7-14,17-18,21-22,24H2,1-6H3,(H,45,50)(H,46,51). The summed E-state index contributed by atoms with van der Waals surface area (Å²) in [5, 5.41) is 6.18. The summed E-state index contributed by atoms with van der Waals surface area (Å²) in [6.45, 7) is 11.5. The first-order valence-corrected chi connectivity index (χ1v) is 19.4. The second kappa shape index (κ2) is 17.9. The van der Waals surface area contributed by atoms with Crippen molar-refractivity contribution >= 4 is 28.8 Å². The average molecular weight is 739 g/mol. The lowest BCUT2D eigenvalue weighted by atomic mass is 9.93. The summed E-state index contributed by atoms with van der Waals surface area (Å²) in [6, 6.07) is 9.34. The van der Waals surface area contributed by atoms with Crippen LogP contribution < -0.4 is 20.1 Å². The summed E-state index contributed by atoms with van der Waals surface area (Å²) in [5.74, 6) is 1.31. The van der Waals surface area contributed by atoms with Crippen LogP contribution in [0.15, 0.2) is 36.7 Å². The highest BCUT2D eigenvalue weighted by molar-refractivity contribution is 6.07. The highest BCUT2D eigenvalue weighted by Crippen LogP contribution is 2.28. The summed E-state index contributed by atoms with van der Waals surface area (Å²) < 4.78 is 21.3. The number of rotatable bonds is 17. The Morgan fingerprint density at radius 3 is 2.28 bits per heavy atom. The third-order valence-electron chi connectivity index (χ3n) is 10.1. The van der Waals surface area contributed by atoms with E-state index in [0.717, 1.165) is 80.8 Å². The van der Waals surface area contributed by atoms with Crippen LogP contribution in [0.5, 0.6) is 11.5 Å². The van der Waals surface area contributed by atoms with Crippen molar-refractivity contribution in [3.05, 3.63) is 76.6 Å². The first kappa shape index (κ1) is 38.7. The van der Waals surface area contributed by atoms with Crippen LogP contribution in [0.4, 0.5) is 5.69 Å². The van der Waals surface area contributed by atoms with E-state index in [-0.39, 0.29) is 35.3 Å². The predicted molar refractivity (Wildman–Crippen MR) is 208 cm³/mol. The van der Waals surface area contributed by atoms with Gasteiger partial charge in [-0.25, -0.2) is 19.9 Å². The van der Waals surface area contributed by atoms with Crippen molar-refractivity contribution in [3.63, 3.8) is 0 Å². The van der Waals surface area contributed by atoms with E-state index in [9.17, 15) is 9.59 Å². The van der Waals surface area contributed by atoms with Gasteiger partial charge in [-0.2, -0.15) is 0 Å². The lowest BCUT2D eigenvalue weighted by Gasteiger charge is -2.29.